The Morgan fingerprint density at radius 2 is 2.00 bits per heavy atom. The maximum atomic E-state index is 12.2. The second kappa shape index (κ2) is 6.15. The van der Waals surface area contributed by atoms with Crippen molar-refractivity contribution in [2.24, 2.45) is 5.10 Å². The molecule has 2 N–H and O–H groups in total. The third kappa shape index (κ3) is 3.11. The van der Waals surface area contributed by atoms with Gasteiger partial charge in [-0.05, 0) is 30.3 Å². The van der Waals surface area contributed by atoms with Crippen LogP contribution in [0.25, 0.3) is 11.0 Å². The molecular formula is C17H12N2O4. The zero-order chi connectivity index (χ0) is 16.2. The highest BCUT2D eigenvalue weighted by Gasteiger charge is 2.06. The van der Waals surface area contributed by atoms with Crippen LogP contribution in [0.4, 0.5) is 0 Å². The van der Waals surface area contributed by atoms with Crippen molar-refractivity contribution in [2.45, 2.75) is 0 Å². The Morgan fingerprint density at radius 3 is 2.83 bits per heavy atom. The molecule has 1 amide bonds. The van der Waals surface area contributed by atoms with Crippen LogP contribution in [0.3, 0.4) is 0 Å². The lowest BCUT2D eigenvalue weighted by Gasteiger charge is -2.00. The summed E-state index contributed by atoms with van der Waals surface area (Å²) in [5, 5.41) is 13.5. The molecule has 0 saturated carbocycles. The minimum absolute atomic E-state index is 0.0168. The second-order valence-electron chi connectivity index (χ2n) is 4.77. The number of fused-ring (bicyclic) bond motifs is 1. The fourth-order valence-corrected chi connectivity index (χ4v) is 2.05. The topological polar surface area (TPSA) is 91.9 Å². The van der Waals surface area contributed by atoms with Gasteiger partial charge in [0.2, 0.25) is 5.43 Å². The van der Waals surface area contributed by atoms with E-state index in [1.165, 1.54) is 30.7 Å². The summed E-state index contributed by atoms with van der Waals surface area (Å²) in [7, 11) is 0. The van der Waals surface area contributed by atoms with Crippen LogP contribution in [0.2, 0.25) is 0 Å². The Balaban J connectivity index is 1.79. The normalized spacial score (nSPS) is 11.0. The molecule has 0 spiro atoms. The first kappa shape index (κ1) is 14.5. The van der Waals surface area contributed by atoms with Crippen molar-refractivity contribution in [3.63, 3.8) is 0 Å². The lowest BCUT2D eigenvalue weighted by atomic mass is 10.2. The van der Waals surface area contributed by atoms with Crippen molar-refractivity contribution in [2.75, 3.05) is 0 Å². The minimum Gasteiger partial charge on any atom is -0.508 e. The van der Waals surface area contributed by atoms with Crippen LogP contribution in [0, 0.1) is 0 Å². The molecule has 1 aromatic heterocycles. The maximum absolute atomic E-state index is 12.2. The summed E-state index contributed by atoms with van der Waals surface area (Å²) in [5.41, 5.74) is 3.02. The monoisotopic (exact) mass is 308 g/mol. The standard InChI is InChI=1S/C17H12N2O4/c20-13-5-3-4-11(8-13)17(22)19-18-9-12-10-23-15-7-2-1-6-14(15)16(12)21/h1-10,20H,(H,19,22)/b18-9+. The number of carbonyl (C=O) groups excluding carboxylic acids is 1. The van der Waals surface area contributed by atoms with Gasteiger partial charge in [-0.2, -0.15) is 5.10 Å². The van der Waals surface area contributed by atoms with Crippen LogP contribution in [0.5, 0.6) is 5.75 Å². The van der Waals surface area contributed by atoms with Gasteiger partial charge in [-0.1, -0.05) is 18.2 Å². The van der Waals surface area contributed by atoms with Crippen molar-refractivity contribution in [3.8, 4) is 5.75 Å². The molecule has 3 rings (SSSR count). The molecule has 6 nitrogen and oxygen atoms in total. The van der Waals surface area contributed by atoms with Crippen LogP contribution >= 0.6 is 0 Å². The SMILES string of the molecule is O=C(N/N=C/c1coc2ccccc2c1=O)c1cccc(O)c1. The van der Waals surface area contributed by atoms with Crippen molar-refractivity contribution in [3.05, 3.63) is 76.1 Å². The fourth-order valence-electron chi connectivity index (χ4n) is 2.05. The number of para-hydroxylation sites is 1. The van der Waals surface area contributed by atoms with E-state index < -0.39 is 5.91 Å². The number of rotatable bonds is 3. The van der Waals surface area contributed by atoms with Crippen molar-refractivity contribution in [1.29, 1.82) is 0 Å². The molecule has 0 radical (unpaired) electrons. The molecule has 2 aromatic carbocycles. The Kier molecular flexibility index (Phi) is 3.88. The van der Waals surface area contributed by atoms with Crippen LogP contribution in [-0.4, -0.2) is 17.2 Å². The first-order valence-electron chi connectivity index (χ1n) is 6.78. The highest BCUT2D eigenvalue weighted by atomic mass is 16.3. The highest BCUT2D eigenvalue weighted by molar-refractivity contribution is 5.95. The quantitative estimate of drug-likeness (QED) is 0.573. The molecule has 0 aliphatic carbocycles. The van der Waals surface area contributed by atoms with Gasteiger partial charge in [0.15, 0.2) is 0 Å². The molecule has 0 bridgehead atoms. The zero-order valence-electron chi connectivity index (χ0n) is 11.9. The molecule has 0 fully saturated rings. The number of phenolic OH excluding ortho intramolecular Hbond substituents is 1. The van der Waals surface area contributed by atoms with E-state index in [4.69, 9.17) is 4.42 Å². The van der Waals surface area contributed by atoms with E-state index in [9.17, 15) is 14.7 Å². The summed E-state index contributed by atoms with van der Waals surface area (Å²) in [6.45, 7) is 0. The summed E-state index contributed by atoms with van der Waals surface area (Å²) < 4.78 is 5.34. The molecule has 114 valence electrons. The smallest absolute Gasteiger partial charge is 0.271 e. The van der Waals surface area contributed by atoms with Gasteiger partial charge in [0.05, 0.1) is 17.2 Å². The van der Waals surface area contributed by atoms with Gasteiger partial charge in [-0.3, -0.25) is 9.59 Å². The average molecular weight is 308 g/mol. The van der Waals surface area contributed by atoms with Crippen molar-refractivity contribution >= 4 is 23.1 Å². The number of carbonyl (C=O) groups is 1. The number of phenols is 1. The van der Waals surface area contributed by atoms with E-state index in [2.05, 4.69) is 10.5 Å². The molecular weight excluding hydrogens is 296 g/mol. The molecule has 0 aliphatic rings. The van der Waals surface area contributed by atoms with Crippen LogP contribution in [0.15, 0.2) is 69.1 Å². The van der Waals surface area contributed by atoms with Gasteiger partial charge in [-0.15, -0.1) is 0 Å². The van der Waals surface area contributed by atoms with Gasteiger partial charge in [-0.25, -0.2) is 5.43 Å². The van der Waals surface area contributed by atoms with Crippen LogP contribution in [-0.2, 0) is 0 Å². The largest absolute Gasteiger partial charge is 0.508 e. The second-order valence-corrected chi connectivity index (χ2v) is 4.77. The summed E-state index contributed by atoms with van der Waals surface area (Å²) in [5.74, 6) is -0.515. The van der Waals surface area contributed by atoms with E-state index >= 15 is 0 Å². The van der Waals surface area contributed by atoms with Gasteiger partial charge in [0, 0.05) is 5.56 Å². The van der Waals surface area contributed by atoms with Gasteiger partial charge < -0.3 is 9.52 Å². The van der Waals surface area contributed by atoms with Crippen LogP contribution in [0.1, 0.15) is 15.9 Å². The number of hydrogen-bond donors (Lipinski definition) is 2. The Morgan fingerprint density at radius 1 is 1.17 bits per heavy atom. The number of hydrazone groups is 1. The van der Waals surface area contributed by atoms with Gasteiger partial charge in [0.1, 0.15) is 17.6 Å². The summed E-state index contributed by atoms with van der Waals surface area (Å²) in [6.07, 6.45) is 2.51. The third-order valence-electron chi connectivity index (χ3n) is 3.18. The lowest BCUT2D eigenvalue weighted by Crippen LogP contribution is -2.18. The van der Waals surface area contributed by atoms with Crippen molar-refractivity contribution in [1.82, 2.24) is 5.43 Å². The highest BCUT2D eigenvalue weighted by Crippen LogP contribution is 2.11. The number of nitrogens with one attached hydrogen (secondary N) is 1. The van der Waals surface area contributed by atoms with E-state index in [1.807, 2.05) is 0 Å². The molecule has 3 aromatic rings. The van der Waals surface area contributed by atoms with E-state index in [0.29, 0.717) is 11.0 Å². The molecule has 0 atom stereocenters. The van der Waals surface area contributed by atoms with Crippen molar-refractivity contribution < 1.29 is 14.3 Å². The first-order chi connectivity index (χ1) is 11.1. The molecule has 1 heterocycles. The summed E-state index contributed by atoms with van der Waals surface area (Å²) >= 11 is 0. The van der Waals surface area contributed by atoms with Gasteiger partial charge in [0.25, 0.3) is 5.91 Å². The summed E-state index contributed by atoms with van der Waals surface area (Å²) in [4.78, 5) is 24.1. The Hall–Kier alpha value is -3.41. The average Bonchev–Trinajstić information content (AvgIpc) is 2.57. The number of hydrogen-bond acceptors (Lipinski definition) is 5. The predicted octanol–water partition coefficient (Wildman–Crippen LogP) is 2.26. The lowest BCUT2D eigenvalue weighted by molar-refractivity contribution is 0.0954. The third-order valence-corrected chi connectivity index (χ3v) is 3.18. The molecule has 0 aliphatic heterocycles. The van der Waals surface area contributed by atoms with Crippen LogP contribution < -0.4 is 10.9 Å². The summed E-state index contributed by atoms with van der Waals surface area (Å²) in [6, 6.07) is 12.7. The fraction of sp³-hybridized carbons (Fsp3) is 0. The molecule has 23 heavy (non-hydrogen) atoms. The zero-order valence-corrected chi connectivity index (χ0v) is 11.9. The Labute approximate surface area is 130 Å². The number of aromatic hydroxyl groups is 1. The molecule has 0 saturated heterocycles. The maximum Gasteiger partial charge on any atom is 0.271 e. The minimum atomic E-state index is -0.498. The molecule has 6 heteroatoms. The Bertz CT molecular complexity index is 960. The predicted molar refractivity (Wildman–Crippen MR) is 85.7 cm³/mol. The van der Waals surface area contributed by atoms with E-state index in [1.54, 1.807) is 30.3 Å². The number of nitrogens with zero attached hydrogens (tertiary/aromatic N) is 1. The first-order valence-corrected chi connectivity index (χ1v) is 6.78. The van der Waals surface area contributed by atoms with E-state index in [0.717, 1.165) is 0 Å². The number of amides is 1. The van der Waals surface area contributed by atoms with Gasteiger partial charge >= 0.3 is 0 Å². The molecule has 0 unspecified atom stereocenters. The number of benzene rings is 2. The van der Waals surface area contributed by atoms with E-state index in [-0.39, 0.29) is 22.3 Å².